The van der Waals surface area contributed by atoms with E-state index in [1.807, 2.05) is 31.2 Å². The van der Waals surface area contributed by atoms with Gasteiger partial charge in [0.05, 0.1) is 5.52 Å². The van der Waals surface area contributed by atoms with Crippen LogP contribution in [-0.4, -0.2) is 37.6 Å². The van der Waals surface area contributed by atoms with Gasteiger partial charge in [-0.1, -0.05) is 44.0 Å². The highest BCUT2D eigenvalue weighted by atomic mass is 19.3. The molecule has 0 aliphatic carbocycles. The number of hydrogen-bond donors (Lipinski definition) is 2. The van der Waals surface area contributed by atoms with E-state index < -0.39 is 18.1 Å². The van der Waals surface area contributed by atoms with Gasteiger partial charge in [-0.25, -0.2) is 9.97 Å². The molecule has 0 radical (unpaired) electrons. The van der Waals surface area contributed by atoms with Crippen LogP contribution in [0.25, 0.3) is 27.9 Å². The molecule has 0 aliphatic rings. The molecule has 33 heavy (non-hydrogen) atoms. The summed E-state index contributed by atoms with van der Waals surface area (Å²) in [4.78, 5) is 21.3. The number of alkyl halides is 2. The lowest BCUT2D eigenvalue weighted by Crippen LogP contribution is -2.36. The second kappa shape index (κ2) is 8.97. The van der Waals surface area contributed by atoms with E-state index in [2.05, 4.69) is 25.1 Å². The Morgan fingerprint density at radius 1 is 1.21 bits per heavy atom. The number of carbonyl (C=O) groups excluding carboxylic acids is 1. The Hall–Kier alpha value is -3.82. The fraction of sp³-hybridized carbons (Fsp3) is 0.304. The predicted octanol–water partition coefficient (Wildman–Crippen LogP) is 4.39. The number of nitrogens with zero attached hydrogens (tertiary/aromatic N) is 4. The molecular weight excluding hydrogens is 430 g/mol. The molecule has 2 heterocycles. The summed E-state index contributed by atoms with van der Waals surface area (Å²) < 4.78 is 32.8. The van der Waals surface area contributed by atoms with Crippen molar-refractivity contribution in [2.45, 2.75) is 45.3 Å². The van der Waals surface area contributed by atoms with Gasteiger partial charge in [0, 0.05) is 17.9 Å². The molecule has 0 bridgehead atoms. The minimum Gasteiger partial charge on any atom is -0.433 e. The fourth-order valence-electron chi connectivity index (χ4n) is 3.53. The third kappa shape index (κ3) is 5.00. The van der Waals surface area contributed by atoms with Crippen LogP contribution in [0.2, 0.25) is 0 Å². The van der Waals surface area contributed by atoms with Crippen LogP contribution in [0, 0.1) is 0 Å². The Labute approximate surface area is 188 Å². The summed E-state index contributed by atoms with van der Waals surface area (Å²) in [5.74, 6) is 0.117. The minimum atomic E-state index is -3.32. The topological polar surface area (TPSA) is 107 Å². The fourth-order valence-corrected chi connectivity index (χ4v) is 3.53. The van der Waals surface area contributed by atoms with E-state index in [-0.39, 0.29) is 5.75 Å². The quantitative estimate of drug-likeness (QED) is 0.388. The van der Waals surface area contributed by atoms with Gasteiger partial charge in [0.2, 0.25) is 11.9 Å². The first-order valence-electron chi connectivity index (χ1n) is 10.6. The van der Waals surface area contributed by atoms with Gasteiger partial charge in [-0.3, -0.25) is 4.79 Å². The van der Waals surface area contributed by atoms with Crippen LogP contribution >= 0.6 is 0 Å². The number of amides is 1. The van der Waals surface area contributed by atoms with Gasteiger partial charge < -0.3 is 15.8 Å². The molecule has 2 aromatic carbocycles. The van der Waals surface area contributed by atoms with Gasteiger partial charge in [-0.2, -0.15) is 13.3 Å². The number of nitrogens with one attached hydrogen (secondary N) is 1. The Bertz CT molecular complexity index is 1300. The zero-order valence-electron chi connectivity index (χ0n) is 18.3. The number of fused-ring (bicyclic) bond motifs is 3. The average Bonchev–Trinajstić information content (AvgIpc) is 3.21. The van der Waals surface area contributed by atoms with Crippen molar-refractivity contribution in [3.05, 3.63) is 48.5 Å². The van der Waals surface area contributed by atoms with Crippen molar-refractivity contribution in [1.82, 2.24) is 19.6 Å². The summed E-state index contributed by atoms with van der Waals surface area (Å²) in [6.07, 6.45) is -1.04. The van der Waals surface area contributed by atoms with Crippen molar-refractivity contribution < 1.29 is 18.3 Å². The highest BCUT2D eigenvalue weighted by Crippen LogP contribution is 2.28. The Morgan fingerprint density at radius 2 is 2.00 bits per heavy atom. The summed E-state index contributed by atoms with van der Waals surface area (Å²) >= 11 is 0. The number of para-hydroxylation sites is 1. The summed E-state index contributed by atoms with van der Waals surface area (Å²) in [6, 6.07) is 12.9. The Morgan fingerprint density at radius 3 is 2.73 bits per heavy atom. The highest BCUT2D eigenvalue weighted by Gasteiger charge is 2.24. The molecule has 0 saturated heterocycles. The number of anilines is 1. The second-order valence-electron chi connectivity index (χ2n) is 7.80. The number of nitrogens with two attached hydrogens (primary N) is 1. The number of halogens is 2. The summed E-state index contributed by atoms with van der Waals surface area (Å²) in [7, 11) is 0. The van der Waals surface area contributed by atoms with Gasteiger partial charge in [0.15, 0.2) is 11.5 Å². The number of ether oxygens (including phenoxy) is 1. The van der Waals surface area contributed by atoms with Crippen LogP contribution in [0.4, 0.5) is 14.7 Å². The average molecular weight is 454 g/mol. The lowest BCUT2D eigenvalue weighted by Gasteiger charge is -2.16. The maximum absolute atomic E-state index is 13.3. The standard InChI is InChI=1S/C23H24F2N6O2/c1-3-4-11-18(19(26)32)28-22-27-17-12-6-5-10-16(17)21-29-20(30-31(21)22)14-8-7-9-15(13-14)33-23(2,24)25/h5-10,12-13,18H,3-4,11H2,1-2H3,(H2,26,32)(H,27,28). The molecule has 8 nitrogen and oxygen atoms in total. The van der Waals surface area contributed by atoms with E-state index in [1.165, 1.54) is 16.6 Å². The zero-order valence-corrected chi connectivity index (χ0v) is 18.3. The van der Waals surface area contributed by atoms with Crippen molar-refractivity contribution >= 4 is 28.4 Å². The molecule has 4 aromatic rings. The van der Waals surface area contributed by atoms with Crippen LogP contribution < -0.4 is 15.8 Å². The zero-order chi connectivity index (χ0) is 23.6. The largest absolute Gasteiger partial charge is 0.433 e. The van der Waals surface area contributed by atoms with Crippen molar-refractivity contribution in [2.75, 3.05) is 5.32 Å². The van der Waals surface area contributed by atoms with E-state index in [1.54, 1.807) is 12.1 Å². The SMILES string of the molecule is CCCCC(Nc1nc2ccccc2c2nc(-c3cccc(OC(C)(F)F)c3)nn12)C(N)=O. The lowest BCUT2D eigenvalue weighted by molar-refractivity contribution is -0.158. The van der Waals surface area contributed by atoms with Crippen molar-refractivity contribution in [3.63, 3.8) is 0 Å². The molecule has 0 saturated carbocycles. The van der Waals surface area contributed by atoms with Crippen molar-refractivity contribution in [2.24, 2.45) is 5.73 Å². The van der Waals surface area contributed by atoms with Crippen LogP contribution in [0.5, 0.6) is 5.75 Å². The van der Waals surface area contributed by atoms with Crippen LogP contribution in [0.15, 0.2) is 48.5 Å². The normalized spacial score (nSPS) is 12.7. The number of unbranched alkanes of at least 4 members (excludes halogenated alkanes) is 1. The highest BCUT2D eigenvalue weighted by molar-refractivity contribution is 5.93. The third-order valence-corrected chi connectivity index (χ3v) is 5.06. The molecule has 0 aliphatic heterocycles. The molecule has 0 spiro atoms. The number of primary amides is 1. The molecule has 2 aromatic heterocycles. The van der Waals surface area contributed by atoms with Crippen molar-refractivity contribution in [3.8, 4) is 17.1 Å². The van der Waals surface area contributed by atoms with Gasteiger partial charge in [0.1, 0.15) is 11.8 Å². The number of hydrogen-bond acceptors (Lipinski definition) is 6. The van der Waals surface area contributed by atoms with Gasteiger partial charge in [-0.15, -0.1) is 5.10 Å². The predicted molar refractivity (Wildman–Crippen MR) is 121 cm³/mol. The molecule has 172 valence electrons. The number of benzene rings is 2. The molecular formula is C23H24F2N6O2. The monoisotopic (exact) mass is 454 g/mol. The van der Waals surface area contributed by atoms with E-state index in [9.17, 15) is 13.6 Å². The van der Waals surface area contributed by atoms with Crippen LogP contribution in [-0.2, 0) is 4.79 Å². The van der Waals surface area contributed by atoms with Gasteiger partial charge in [0.25, 0.3) is 0 Å². The maximum atomic E-state index is 13.3. The molecule has 1 unspecified atom stereocenters. The van der Waals surface area contributed by atoms with E-state index >= 15 is 0 Å². The number of rotatable bonds is 9. The van der Waals surface area contributed by atoms with E-state index in [4.69, 9.17) is 5.73 Å². The molecule has 1 atom stereocenters. The molecule has 1 amide bonds. The smallest absolute Gasteiger partial charge is 0.394 e. The van der Waals surface area contributed by atoms with Crippen molar-refractivity contribution in [1.29, 1.82) is 0 Å². The summed E-state index contributed by atoms with van der Waals surface area (Å²) in [5, 5.41) is 8.40. The number of aromatic nitrogens is 4. The third-order valence-electron chi connectivity index (χ3n) is 5.06. The molecule has 3 N–H and O–H groups in total. The van der Waals surface area contributed by atoms with Gasteiger partial charge in [-0.05, 0) is 30.7 Å². The summed E-state index contributed by atoms with van der Waals surface area (Å²) in [5.41, 5.74) is 7.25. The second-order valence-corrected chi connectivity index (χ2v) is 7.80. The minimum absolute atomic E-state index is 0.00598. The molecule has 10 heteroatoms. The first-order chi connectivity index (χ1) is 15.7. The van der Waals surface area contributed by atoms with Crippen LogP contribution in [0.1, 0.15) is 33.1 Å². The summed E-state index contributed by atoms with van der Waals surface area (Å²) in [6.45, 7) is 2.70. The lowest BCUT2D eigenvalue weighted by atomic mass is 10.1. The van der Waals surface area contributed by atoms with E-state index in [0.717, 1.165) is 18.2 Å². The molecule has 0 fully saturated rings. The maximum Gasteiger partial charge on any atom is 0.394 e. The number of carbonyl (C=O) groups is 1. The first-order valence-corrected chi connectivity index (χ1v) is 10.6. The Balaban J connectivity index is 1.82. The first kappa shape index (κ1) is 22.4. The van der Waals surface area contributed by atoms with E-state index in [0.29, 0.717) is 41.8 Å². The van der Waals surface area contributed by atoms with Crippen LogP contribution in [0.3, 0.4) is 0 Å². The van der Waals surface area contributed by atoms with Gasteiger partial charge >= 0.3 is 6.11 Å². The Kier molecular flexibility index (Phi) is 6.08. The molecule has 4 rings (SSSR count).